The summed E-state index contributed by atoms with van der Waals surface area (Å²) < 4.78 is 0. The average Bonchev–Trinajstić information content (AvgIpc) is 2.31. The van der Waals surface area contributed by atoms with Crippen molar-refractivity contribution in [3.05, 3.63) is 24.4 Å². The summed E-state index contributed by atoms with van der Waals surface area (Å²) in [5, 5.41) is 3.47. The average molecular weight is 205 g/mol. The zero-order valence-electron chi connectivity index (χ0n) is 9.02. The molecule has 0 aromatic carbocycles. The molecule has 1 fully saturated rings. The van der Waals surface area contributed by atoms with Crippen molar-refractivity contribution in [2.45, 2.75) is 31.7 Å². The molecule has 0 amide bonds. The fourth-order valence-electron chi connectivity index (χ4n) is 2.20. The second-order valence-electron chi connectivity index (χ2n) is 4.31. The van der Waals surface area contributed by atoms with Crippen LogP contribution in [-0.2, 0) is 0 Å². The lowest BCUT2D eigenvalue weighted by atomic mass is 9.86. The number of nitrogens with one attached hydrogen (secondary N) is 1. The smallest absolute Gasteiger partial charge is 0.126 e. The topological polar surface area (TPSA) is 50.9 Å². The summed E-state index contributed by atoms with van der Waals surface area (Å²) in [6.07, 6.45) is 6.77. The molecule has 1 heterocycles. The summed E-state index contributed by atoms with van der Waals surface area (Å²) in [7, 11) is 0. The third-order valence-electron chi connectivity index (χ3n) is 3.20. The fourth-order valence-corrected chi connectivity index (χ4v) is 2.20. The Bertz CT molecular complexity index is 278. The van der Waals surface area contributed by atoms with Crippen LogP contribution in [0, 0.1) is 5.92 Å². The molecule has 1 aromatic rings. The van der Waals surface area contributed by atoms with Crippen molar-refractivity contribution in [2.75, 3.05) is 11.9 Å². The maximum atomic E-state index is 5.67. The first-order chi connectivity index (χ1) is 7.38. The molecule has 0 atom stereocenters. The first-order valence-corrected chi connectivity index (χ1v) is 5.76. The lowest BCUT2D eigenvalue weighted by Crippen LogP contribution is -2.29. The number of hydrogen-bond donors (Lipinski definition) is 2. The number of pyridine rings is 1. The molecule has 1 aliphatic carbocycles. The van der Waals surface area contributed by atoms with Crippen LogP contribution in [0.5, 0.6) is 0 Å². The summed E-state index contributed by atoms with van der Waals surface area (Å²) in [6, 6.07) is 6.56. The SMILES string of the molecule is NCC1CCC(Nc2ccccn2)CC1. The van der Waals surface area contributed by atoms with E-state index >= 15 is 0 Å². The highest BCUT2D eigenvalue weighted by Gasteiger charge is 2.19. The van der Waals surface area contributed by atoms with Crippen LogP contribution in [0.4, 0.5) is 5.82 Å². The Hall–Kier alpha value is -1.09. The molecule has 1 aliphatic rings. The van der Waals surface area contributed by atoms with Gasteiger partial charge in [-0.3, -0.25) is 0 Å². The summed E-state index contributed by atoms with van der Waals surface area (Å²) in [6.45, 7) is 0.844. The van der Waals surface area contributed by atoms with E-state index in [9.17, 15) is 0 Å². The van der Waals surface area contributed by atoms with Gasteiger partial charge in [0.2, 0.25) is 0 Å². The Morgan fingerprint density at radius 1 is 1.27 bits per heavy atom. The van der Waals surface area contributed by atoms with Gasteiger partial charge in [-0.2, -0.15) is 0 Å². The monoisotopic (exact) mass is 205 g/mol. The quantitative estimate of drug-likeness (QED) is 0.793. The Morgan fingerprint density at radius 2 is 2.07 bits per heavy atom. The molecule has 3 nitrogen and oxygen atoms in total. The van der Waals surface area contributed by atoms with Crippen molar-refractivity contribution in [1.29, 1.82) is 0 Å². The van der Waals surface area contributed by atoms with Gasteiger partial charge in [-0.25, -0.2) is 4.98 Å². The summed E-state index contributed by atoms with van der Waals surface area (Å²) >= 11 is 0. The van der Waals surface area contributed by atoms with Gasteiger partial charge in [0, 0.05) is 12.2 Å². The van der Waals surface area contributed by atoms with E-state index in [0.717, 1.165) is 18.3 Å². The van der Waals surface area contributed by atoms with Crippen LogP contribution in [0.15, 0.2) is 24.4 Å². The highest BCUT2D eigenvalue weighted by molar-refractivity contribution is 5.34. The molecule has 0 bridgehead atoms. The second kappa shape index (κ2) is 5.12. The molecule has 1 saturated carbocycles. The van der Waals surface area contributed by atoms with E-state index in [1.807, 2.05) is 24.4 Å². The highest BCUT2D eigenvalue weighted by Crippen LogP contribution is 2.25. The lowest BCUT2D eigenvalue weighted by Gasteiger charge is -2.28. The zero-order chi connectivity index (χ0) is 10.5. The van der Waals surface area contributed by atoms with Crippen molar-refractivity contribution in [3.63, 3.8) is 0 Å². The predicted octanol–water partition coefficient (Wildman–Crippen LogP) is 2.01. The van der Waals surface area contributed by atoms with E-state index in [-0.39, 0.29) is 0 Å². The van der Waals surface area contributed by atoms with E-state index in [1.165, 1.54) is 25.7 Å². The standard InChI is InChI=1S/C12H19N3/c13-9-10-4-6-11(7-5-10)15-12-3-1-2-8-14-12/h1-3,8,10-11H,4-7,9,13H2,(H,14,15). The van der Waals surface area contributed by atoms with Crippen molar-refractivity contribution in [1.82, 2.24) is 4.98 Å². The van der Waals surface area contributed by atoms with Crippen LogP contribution < -0.4 is 11.1 Å². The zero-order valence-corrected chi connectivity index (χ0v) is 9.02. The molecule has 0 saturated heterocycles. The third kappa shape index (κ3) is 2.93. The molecule has 82 valence electrons. The summed E-state index contributed by atoms with van der Waals surface area (Å²) in [5.74, 6) is 1.74. The van der Waals surface area contributed by atoms with Crippen LogP contribution >= 0.6 is 0 Å². The van der Waals surface area contributed by atoms with Crippen molar-refractivity contribution >= 4 is 5.82 Å². The highest BCUT2D eigenvalue weighted by atomic mass is 15.0. The van der Waals surface area contributed by atoms with Crippen molar-refractivity contribution in [3.8, 4) is 0 Å². The number of hydrogen-bond acceptors (Lipinski definition) is 3. The van der Waals surface area contributed by atoms with Crippen LogP contribution in [-0.4, -0.2) is 17.6 Å². The molecule has 3 heteroatoms. The Morgan fingerprint density at radius 3 is 2.67 bits per heavy atom. The Kier molecular flexibility index (Phi) is 3.56. The molecule has 2 rings (SSSR count). The van der Waals surface area contributed by atoms with Gasteiger partial charge in [0.1, 0.15) is 5.82 Å². The minimum absolute atomic E-state index is 0.586. The number of nitrogens with zero attached hydrogens (tertiary/aromatic N) is 1. The van der Waals surface area contributed by atoms with Gasteiger partial charge in [-0.05, 0) is 50.3 Å². The van der Waals surface area contributed by atoms with E-state index < -0.39 is 0 Å². The Balaban J connectivity index is 1.82. The first kappa shape index (κ1) is 10.4. The van der Waals surface area contributed by atoms with Crippen molar-refractivity contribution < 1.29 is 0 Å². The van der Waals surface area contributed by atoms with E-state index in [0.29, 0.717) is 6.04 Å². The third-order valence-corrected chi connectivity index (χ3v) is 3.20. The molecule has 0 spiro atoms. The molecule has 0 unspecified atom stereocenters. The largest absolute Gasteiger partial charge is 0.367 e. The lowest BCUT2D eigenvalue weighted by molar-refractivity contribution is 0.344. The minimum atomic E-state index is 0.586. The van der Waals surface area contributed by atoms with E-state index in [4.69, 9.17) is 5.73 Å². The van der Waals surface area contributed by atoms with E-state index in [1.54, 1.807) is 0 Å². The van der Waals surface area contributed by atoms with E-state index in [2.05, 4.69) is 10.3 Å². The molecule has 1 aromatic heterocycles. The first-order valence-electron chi connectivity index (χ1n) is 5.76. The predicted molar refractivity (Wildman–Crippen MR) is 62.7 cm³/mol. The molecular formula is C12H19N3. The normalized spacial score (nSPS) is 26.2. The van der Waals surface area contributed by atoms with Crippen LogP contribution in [0.25, 0.3) is 0 Å². The summed E-state index contributed by atoms with van der Waals surface area (Å²) in [4.78, 5) is 4.28. The maximum absolute atomic E-state index is 5.67. The number of nitrogens with two attached hydrogens (primary N) is 1. The molecule has 0 aliphatic heterocycles. The van der Waals surface area contributed by atoms with Gasteiger partial charge in [0.15, 0.2) is 0 Å². The van der Waals surface area contributed by atoms with Crippen LogP contribution in [0.3, 0.4) is 0 Å². The summed E-state index contributed by atoms with van der Waals surface area (Å²) in [5.41, 5.74) is 5.67. The second-order valence-corrected chi connectivity index (χ2v) is 4.31. The van der Waals surface area contributed by atoms with Gasteiger partial charge < -0.3 is 11.1 Å². The van der Waals surface area contributed by atoms with Crippen LogP contribution in [0.2, 0.25) is 0 Å². The molecule has 15 heavy (non-hydrogen) atoms. The number of aromatic nitrogens is 1. The fraction of sp³-hybridized carbons (Fsp3) is 0.583. The van der Waals surface area contributed by atoms with Gasteiger partial charge in [-0.15, -0.1) is 0 Å². The van der Waals surface area contributed by atoms with Gasteiger partial charge in [0.05, 0.1) is 0 Å². The number of anilines is 1. The Labute approximate surface area is 91.1 Å². The van der Waals surface area contributed by atoms with Gasteiger partial charge >= 0.3 is 0 Å². The molecule has 0 radical (unpaired) electrons. The molecular weight excluding hydrogens is 186 g/mol. The van der Waals surface area contributed by atoms with Gasteiger partial charge in [-0.1, -0.05) is 6.07 Å². The minimum Gasteiger partial charge on any atom is -0.367 e. The van der Waals surface area contributed by atoms with Gasteiger partial charge in [0.25, 0.3) is 0 Å². The van der Waals surface area contributed by atoms with Crippen molar-refractivity contribution in [2.24, 2.45) is 11.7 Å². The van der Waals surface area contributed by atoms with Crippen LogP contribution in [0.1, 0.15) is 25.7 Å². The maximum Gasteiger partial charge on any atom is 0.126 e. The number of rotatable bonds is 3. The molecule has 3 N–H and O–H groups in total.